The SMILES string of the molecule is Cc1ccc2c(C)c(C(=O)N3CCN(Cc4ccccc4)CC3)[nH]c2c1. The van der Waals surface area contributed by atoms with E-state index in [0.29, 0.717) is 0 Å². The molecule has 1 N–H and O–H groups in total. The monoisotopic (exact) mass is 347 g/mol. The van der Waals surface area contributed by atoms with Crippen LogP contribution in [-0.2, 0) is 6.54 Å². The van der Waals surface area contributed by atoms with E-state index in [-0.39, 0.29) is 5.91 Å². The van der Waals surface area contributed by atoms with E-state index < -0.39 is 0 Å². The van der Waals surface area contributed by atoms with E-state index in [1.807, 2.05) is 17.9 Å². The summed E-state index contributed by atoms with van der Waals surface area (Å²) in [5, 5.41) is 1.14. The van der Waals surface area contributed by atoms with Crippen molar-refractivity contribution >= 4 is 16.8 Å². The molecular formula is C22H25N3O. The van der Waals surface area contributed by atoms with Crippen LogP contribution in [0.1, 0.15) is 27.2 Å². The van der Waals surface area contributed by atoms with Crippen molar-refractivity contribution in [2.24, 2.45) is 0 Å². The smallest absolute Gasteiger partial charge is 0.270 e. The summed E-state index contributed by atoms with van der Waals surface area (Å²) >= 11 is 0. The molecule has 0 aliphatic carbocycles. The van der Waals surface area contributed by atoms with Gasteiger partial charge in [-0.3, -0.25) is 9.69 Å². The Morgan fingerprint density at radius 3 is 2.46 bits per heavy atom. The van der Waals surface area contributed by atoms with Gasteiger partial charge < -0.3 is 9.88 Å². The quantitative estimate of drug-likeness (QED) is 0.784. The molecule has 0 spiro atoms. The van der Waals surface area contributed by atoms with Crippen molar-refractivity contribution in [3.63, 3.8) is 0 Å². The number of nitrogens with one attached hydrogen (secondary N) is 1. The summed E-state index contributed by atoms with van der Waals surface area (Å²) in [5.41, 5.74) is 5.37. The second-order valence-electron chi connectivity index (χ2n) is 7.23. The molecule has 3 aromatic rings. The zero-order valence-electron chi connectivity index (χ0n) is 15.5. The fourth-order valence-electron chi connectivity index (χ4n) is 3.77. The van der Waals surface area contributed by atoms with Gasteiger partial charge in [-0.05, 0) is 36.6 Å². The molecular weight excluding hydrogens is 322 g/mol. The number of carbonyl (C=O) groups excluding carboxylic acids is 1. The second kappa shape index (κ2) is 6.96. The first-order valence-corrected chi connectivity index (χ1v) is 9.26. The van der Waals surface area contributed by atoms with Gasteiger partial charge >= 0.3 is 0 Å². The van der Waals surface area contributed by atoms with Gasteiger partial charge in [0, 0.05) is 43.6 Å². The first-order chi connectivity index (χ1) is 12.6. The lowest BCUT2D eigenvalue weighted by Gasteiger charge is -2.34. The topological polar surface area (TPSA) is 39.3 Å². The number of carbonyl (C=O) groups is 1. The first-order valence-electron chi connectivity index (χ1n) is 9.26. The molecule has 0 atom stereocenters. The summed E-state index contributed by atoms with van der Waals surface area (Å²) in [4.78, 5) is 20.8. The highest BCUT2D eigenvalue weighted by Crippen LogP contribution is 2.24. The van der Waals surface area contributed by atoms with Crippen LogP contribution in [0, 0.1) is 13.8 Å². The molecule has 1 saturated heterocycles. The number of piperazine rings is 1. The third-order valence-electron chi connectivity index (χ3n) is 5.34. The summed E-state index contributed by atoms with van der Waals surface area (Å²) in [7, 11) is 0. The summed E-state index contributed by atoms with van der Waals surface area (Å²) in [6.07, 6.45) is 0. The van der Waals surface area contributed by atoms with Crippen molar-refractivity contribution in [1.82, 2.24) is 14.8 Å². The molecule has 2 aromatic carbocycles. The van der Waals surface area contributed by atoms with Gasteiger partial charge in [-0.1, -0.05) is 42.5 Å². The summed E-state index contributed by atoms with van der Waals surface area (Å²) in [6, 6.07) is 16.8. The Bertz CT molecular complexity index is 921. The van der Waals surface area contributed by atoms with Crippen LogP contribution in [0.15, 0.2) is 48.5 Å². The summed E-state index contributed by atoms with van der Waals surface area (Å²) in [6.45, 7) is 8.45. The van der Waals surface area contributed by atoms with Gasteiger partial charge in [0.1, 0.15) is 5.69 Å². The molecule has 0 unspecified atom stereocenters. The number of fused-ring (bicyclic) bond motifs is 1. The average molecular weight is 347 g/mol. The number of benzene rings is 2. The third kappa shape index (κ3) is 3.25. The molecule has 0 saturated carbocycles. The number of aryl methyl sites for hydroxylation is 2. The fraction of sp³-hybridized carbons (Fsp3) is 0.318. The molecule has 4 nitrogen and oxygen atoms in total. The average Bonchev–Trinajstić information content (AvgIpc) is 2.98. The zero-order chi connectivity index (χ0) is 18.1. The number of hydrogen-bond donors (Lipinski definition) is 1. The van der Waals surface area contributed by atoms with Crippen molar-refractivity contribution in [2.75, 3.05) is 26.2 Å². The zero-order valence-corrected chi connectivity index (χ0v) is 15.5. The number of aromatic amines is 1. The molecule has 4 rings (SSSR count). The van der Waals surface area contributed by atoms with Crippen LogP contribution in [0.4, 0.5) is 0 Å². The predicted octanol–water partition coefficient (Wildman–Crippen LogP) is 3.74. The van der Waals surface area contributed by atoms with Crippen molar-refractivity contribution in [3.8, 4) is 0 Å². The molecule has 4 heteroatoms. The summed E-state index contributed by atoms with van der Waals surface area (Å²) < 4.78 is 0. The summed E-state index contributed by atoms with van der Waals surface area (Å²) in [5.74, 6) is 0.121. The predicted molar refractivity (Wildman–Crippen MR) is 105 cm³/mol. The van der Waals surface area contributed by atoms with E-state index in [1.165, 1.54) is 11.1 Å². The van der Waals surface area contributed by atoms with Crippen molar-refractivity contribution < 1.29 is 4.79 Å². The first kappa shape index (κ1) is 16.9. The number of H-pyrrole nitrogens is 1. The maximum atomic E-state index is 13.0. The van der Waals surface area contributed by atoms with Gasteiger partial charge in [-0.15, -0.1) is 0 Å². The molecule has 1 fully saturated rings. The van der Waals surface area contributed by atoms with Gasteiger partial charge in [0.05, 0.1) is 0 Å². The second-order valence-corrected chi connectivity index (χ2v) is 7.23. The minimum atomic E-state index is 0.121. The van der Waals surface area contributed by atoms with Crippen LogP contribution < -0.4 is 0 Å². The Hall–Kier alpha value is -2.59. The van der Waals surface area contributed by atoms with E-state index in [0.717, 1.165) is 54.9 Å². The van der Waals surface area contributed by atoms with Crippen LogP contribution in [0.2, 0.25) is 0 Å². The van der Waals surface area contributed by atoms with Crippen LogP contribution in [-0.4, -0.2) is 46.9 Å². The number of amides is 1. The number of rotatable bonds is 3. The minimum absolute atomic E-state index is 0.121. The van der Waals surface area contributed by atoms with Crippen LogP contribution in [0.5, 0.6) is 0 Å². The van der Waals surface area contributed by atoms with E-state index >= 15 is 0 Å². The molecule has 1 aromatic heterocycles. The van der Waals surface area contributed by atoms with E-state index in [2.05, 4.69) is 59.3 Å². The van der Waals surface area contributed by atoms with E-state index in [9.17, 15) is 4.79 Å². The fourth-order valence-corrected chi connectivity index (χ4v) is 3.77. The normalized spacial score (nSPS) is 15.5. The Morgan fingerprint density at radius 2 is 1.73 bits per heavy atom. The molecule has 1 aliphatic heterocycles. The highest BCUT2D eigenvalue weighted by atomic mass is 16.2. The Kier molecular flexibility index (Phi) is 4.51. The van der Waals surface area contributed by atoms with E-state index in [4.69, 9.17) is 0 Å². The Morgan fingerprint density at radius 1 is 1.00 bits per heavy atom. The molecule has 0 radical (unpaired) electrons. The number of nitrogens with zero attached hydrogens (tertiary/aromatic N) is 2. The van der Waals surface area contributed by atoms with Crippen molar-refractivity contribution in [1.29, 1.82) is 0 Å². The van der Waals surface area contributed by atoms with Gasteiger partial charge in [0.2, 0.25) is 0 Å². The lowest BCUT2D eigenvalue weighted by Crippen LogP contribution is -2.48. The molecule has 1 amide bonds. The Labute approximate surface area is 154 Å². The molecule has 26 heavy (non-hydrogen) atoms. The van der Waals surface area contributed by atoms with Crippen LogP contribution >= 0.6 is 0 Å². The van der Waals surface area contributed by atoms with E-state index in [1.54, 1.807) is 0 Å². The molecule has 1 aliphatic rings. The third-order valence-corrected chi connectivity index (χ3v) is 5.34. The van der Waals surface area contributed by atoms with Crippen molar-refractivity contribution in [2.45, 2.75) is 20.4 Å². The number of aromatic nitrogens is 1. The van der Waals surface area contributed by atoms with Gasteiger partial charge in [0.25, 0.3) is 5.91 Å². The molecule has 0 bridgehead atoms. The maximum Gasteiger partial charge on any atom is 0.270 e. The van der Waals surface area contributed by atoms with Crippen LogP contribution in [0.25, 0.3) is 10.9 Å². The standard InChI is InChI=1S/C22H25N3O/c1-16-8-9-19-17(2)21(23-20(19)14-16)22(26)25-12-10-24(11-13-25)15-18-6-4-3-5-7-18/h3-9,14,23H,10-13,15H2,1-2H3. The highest BCUT2D eigenvalue weighted by Gasteiger charge is 2.25. The van der Waals surface area contributed by atoms with Crippen molar-refractivity contribution in [3.05, 3.63) is 70.9 Å². The van der Waals surface area contributed by atoms with Gasteiger partial charge in [-0.25, -0.2) is 0 Å². The Balaban J connectivity index is 1.44. The lowest BCUT2D eigenvalue weighted by atomic mass is 10.1. The van der Waals surface area contributed by atoms with Gasteiger partial charge in [0.15, 0.2) is 0 Å². The lowest BCUT2D eigenvalue weighted by molar-refractivity contribution is 0.0623. The van der Waals surface area contributed by atoms with Crippen LogP contribution in [0.3, 0.4) is 0 Å². The molecule has 2 heterocycles. The highest BCUT2D eigenvalue weighted by molar-refractivity contribution is 6.01. The maximum absolute atomic E-state index is 13.0. The number of hydrogen-bond acceptors (Lipinski definition) is 2. The minimum Gasteiger partial charge on any atom is -0.350 e. The largest absolute Gasteiger partial charge is 0.350 e. The van der Waals surface area contributed by atoms with Gasteiger partial charge in [-0.2, -0.15) is 0 Å². The molecule has 134 valence electrons.